The molecule has 2 rings (SSSR count). The Labute approximate surface area is 182 Å². The summed E-state index contributed by atoms with van der Waals surface area (Å²) in [5, 5.41) is 22.2. The monoisotopic (exact) mass is 474 g/mol. The summed E-state index contributed by atoms with van der Waals surface area (Å²) >= 11 is 0. The molecule has 10 nitrogen and oxygen atoms in total. The second-order valence-electron chi connectivity index (χ2n) is 6.60. The predicted octanol–water partition coefficient (Wildman–Crippen LogP) is 2.71. The van der Waals surface area contributed by atoms with Gasteiger partial charge >= 0.3 is 24.4 Å². The van der Waals surface area contributed by atoms with E-state index in [0.717, 1.165) is 24.3 Å². The molecule has 0 heterocycles. The zero-order valence-electron chi connectivity index (χ0n) is 16.4. The Kier molecular flexibility index (Phi) is 8.36. The Hall–Kier alpha value is -4.10. The molecule has 2 aromatic carbocycles. The van der Waals surface area contributed by atoms with Crippen LogP contribution < -0.4 is 0 Å². The van der Waals surface area contributed by atoms with Gasteiger partial charge in [0.2, 0.25) is 0 Å². The molecule has 14 heteroatoms. The Balaban J connectivity index is 1.99. The molecular weight excluding hydrogens is 460 g/mol. The van der Waals surface area contributed by atoms with Gasteiger partial charge in [0.15, 0.2) is 0 Å². The number of hydrogen-bond acceptors (Lipinski definition) is 8. The molecule has 33 heavy (non-hydrogen) atoms. The van der Waals surface area contributed by atoms with Crippen LogP contribution in [0.2, 0.25) is 0 Å². The minimum atomic E-state index is -2.12. The first kappa shape index (κ1) is 25.2. The summed E-state index contributed by atoms with van der Waals surface area (Å²) in [6.45, 7) is 0. The Morgan fingerprint density at radius 3 is 1.27 bits per heavy atom. The van der Waals surface area contributed by atoms with Gasteiger partial charge in [0, 0.05) is 12.1 Å². The number of nitro groups is 2. The highest BCUT2D eigenvalue weighted by Gasteiger charge is 2.30. The molecule has 0 unspecified atom stereocenters. The van der Waals surface area contributed by atoms with E-state index in [4.69, 9.17) is 0 Å². The molecule has 0 aliphatic heterocycles. The first-order valence-corrected chi connectivity index (χ1v) is 8.99. The highest BCUT2D eigenvalue weighted by atomic mass is 19.1. The number of benzene rings is 2. The van der Waals surface area contributed by atoms with Gasteiger partial charge in [-0.1, -0.05) is 0 Å². The van der Waals surface area contributed by atoms with E-state index in [1.807, 2.05) is 0 Å². The van der Waals surface area contributed by atoms with Crippen molar-refractivity contribution in [3.8, 4) is 0 Å². The summed E-state index contributed by atoms with van der Waals surface area (Å²) in [6.07, 6.45) is -6.97. The SMILES string of the molecule is O=C(CC(=O)O[C@@H](Cc1cc(F)cc(F)c1)[N+](=O)[O-])O[C@@H](Cc1cc(F)cc(F)c1)[N+](=O)[O-]. The van der Waals surface area contributed by atoms with E-state index in [1.165, 1.54) is 0 Å². The smallest absolute Gasteiger partial charge is 0.359 e. The molecule has 0 spiro atoms. The fourth-order valence-corrected chi connectivity index (χ4v) is 2.68. The zero-order valence-corrected chi connectivity index (χ0v) is 16.4. The standard InChI is InChI=1S/C19H14F4N2O8/c20-12-1-10(2-13(21)7-12)5-16(24(28)29)32-18(26)9-19(27)33-17(25(30)31)6-11-3-14(22)8-15(23)4-11/h1-4,7-8,16-17H,5-6,9H2/t16-,17-/m0/s1. The second-order valence-corrected chi connectivity index (χ2v) is 6.60. The van der Waals surface area contributed by atoms with Crippen LogP contribution in [0.3, 0.4) is 0 Å². The summed E-state index contributed by atoms with van der Waals surface area (Å²) in [5.74, 6) is -7.09. The van der Waals surface area contributed by atoms with Crippen LogP contribution in [0.1, 0.15) is 17.5 Å². The van der Waals surface area contributed by atoms with E-state index in [-0.39, 0.29) is 11.1 Å². The van der Waals surface area contributed by atoms with Gasteiger partial charge in [-0.15, -0.1) is 0 Å². The van der Waals surface area contributed by atoms with Crippen LogP contribution >= 0.6 is 0 Å². The van der Waals surface area contributed by atoms with Gasteiger partial charge < -0.3 is 9.47 Å². The van der Waals surface area contributed by atoms with Crippen molar-refractivity contribution >= 4 is 11.9 Å². The van der Waals surface area contributed by atoms with Crippen molar-refractivity contribution in [2.75, 3.05) is 0 Å². The lowest BCUT2D eigenvalue weighted by molar-refractivity contribution is -0.568. The van der Waals surface area contributed by atoms with Crippen LogP contribution in [-0.2, 0) is 31.9 Å². The number of carbonyl (C=O) groups excluding carboxylic acids is 2. The van der Waals surface area contributed by atoms with Crippen LogP contribution in [0.5, 0.6) is 0 Å². The summed E-state index contributed by atoms with van der Waals surface area (Å²) in [4.78, 5) is 43.7. The number of esters is 2. The number of ether oxygens (including phenoxy) is 2. The first-order chi connectivity index (χ1) is 15.4. The van der Waals surface area contributed by atoms with Gasteiger partial charge in [-0.05, 0) is 35.4 Å². The van der Waals surface area contributed by atoms with Crippen LogP contribution in [0.4, 0.5) is 17.6 Å². The lowest BCUT2D eigenvalue weighted by atomic mass is 10.1. The molecule has 0 amide bonds. The molecule has 0 saturated heterocycles. The zero-order chi connectivity index (χ0) is 24.7. The summed E-state index contributed by atoms with van der Waals surface area (Å²) in [6, 6.07) is 4.15. The highest BCUT2D eigenvalue weighted by molar-refractivity contribution is 5.91. The van der Waals surface area contributed by atoms with Crippen molar-refractivity contribution in [3.05, 3.63) is 91.0 Å². The van der Waals surface area contributed by atoms with Crippen molar-refractivity contribution in [2.24, 2.45) is 0 Å². The lowest BCUT2D eigenvalue weighted by Gasteiger charge is -2.13. The van der Waals surface area contributed by atoms with Crippen LogP contribution in [-0.4, -0.2) is 34.2 Å². The van der Waals surface area contributed by atoms with Gasteiger partial charge in [-0.2, -0.15) is 0 Å². The first-order valence-electron chi connectivity index (χ1n) is 8.99. The van der Waals surface area contributed by atoms with Gasteiger partial charge in [0.05, 0.1) is 22.7 Å². The van der Waals surface area contributed by atoms with Crippen molar-refractivity contribution < 1.29 is 46.5 Å². The number of halogens is 4. The van der Waals surface area contributed by atoms with Crippen molar-refractivity contribution in [1.82, 2.24) is 0 Å². The van der Waals surface area contributed by atoms with E-state index in [0.29, 0.717) is 12.1 Å². The van der Waals surface area contributed by atoms with E-state index in [1.54, 1.807) is 0 Å². The van der Waals surface area contributed by atoms with Crippen molar-refractivity contribution in [2.45, 2.75) is 31.7 Å². The third-order valence-corrected chi connectivity index (χ3v) is 3.96. The molecule has 176 valence electrons. The summed E-state index contributed by atoms with van der Waals surface area (Å²) in [5.41, 5.74) is -0.416. The molecule has 0 aromatic heterocycles. The third-order valence-electron chi connectivity index (χ3n) is 3.96. The normalized spacial score (nSPS) is 12.5. The van der Waals surface area contributed by atoms with Gasteiger partial charge in [0.25, 0.3) is 0 Å². The molecule has 0 bridgehead atoms. The Morgan fingerprint density at radius 1 is 0.697 bits per heavy atom. The fourth-order valence-electron chi connectivity index (χ4n) is 2.68. The number of hydrogen-bond donors (Lipinski definition) is 0. The van der Waals surface area contributed by atoms with Crippen molar-refractivity contribution in [1.29, 1.82) is 0 Å². The highest BCUT2D eigenvalue weighted by Crippen LogP contribution is 2.15. The van der Waals surface area contributed by atoms with E-state index in [9.17, 15) is 47.4 Å². The molecule has 2 atom stereocenters. The Bertz CT molecular complexity index is 958. The topological polar surface area (TPSA) is 139 Å². The largest absolute Gasteiger partial charge is 0.397 e. The van der Waals surface area contributed by atoms with Crippen molar-refractivity contribution in [3.63, 3.8) is 0 Å². The molecule has 0 N–H and O–H groups in total. The average Bonchev–Trinajstić information content (AvgIpc) is 2.65. The minimum absolute atomic E-state index is 0.208. The predicted molar refractivity (Wildman–Crippen MR) is 98.5 cm³/mol. The molecule has 2 aromatic rings. The van der Waals surface area contributed by atoms with Gasteiger partial charge in [-0.3, -0.25) is 29.8 Å². The Morgan fingerprint density at radius 2 is 1.00 bits per heavy atom. The van der Waals surface area contributed by atoms with Gasteiger partial charge in [0.1, 0.15) is 29.7 Å². The molecule has 0 fully saturated rings. The molecular formula is C19H14F4N2O8. The van der Waals surface area contributed by atoms with E-state index < -0.39 is 76.8 Å². The number of carbonyl (C=O) groups is 2. The third kappa shape index (κ3) is 8.16. The quantitative estimate of drug-likeness (QED) is 0.128. The molecule has 0 aliphatic rings. The summed E-state index contributed by atoms with van der Waals surface area (Å²) < 4.78 is 61.9. The van der Waals surface area contributed by atoms with Gasteiger partial charge in [-0.25, -0.2) is 17.6 Å². The van der Waals surface area contributed by atoms with E-state index >= 15 is 0 Å². The fraction of sp³-hybridized carbons (Fsp3) is 0.263. The average molecular weight is 474 g/mol. The second kappa shape index (κ2) is 11.0. The lowest BCUT2D eigenvalue weighted by Crippen LogP contribution is -2.32. The van der Waals surface area contributed by atoms with E-state index in [2.05, 4.69) is 9.47 Å². The van der Waals surface area contributed by atoms with Crippen LogP contribution in [0.15, 0.2) is 36.4 Å². The summed E-state index contributed by atoms with van der Waals surface area (Å²) in [7, 11) is 0. The van der Waals surface area contributed by atoms with Crippen LogP contribution in [0, 0.1) is 43.5 Å². The maximum absolute atomic E-state index is 13.2. The maximum atomic E-state index is 13.2. The number of rotatable bonds is 10. The molecule has 0 aliphatic carbocycles. The van der Waals surface area contributed by atoms with Crippen LogP contribution in [0.25, 0.3) is 0 Å². The number of nitrogens with zero attached hydrogens (tertiary/aromatic N) is 2. The minimum Gasteiger partial charge on any atom is -0.397 e. The molecule has 0 radical (unpaired) electrons. The maximum Gasteiger partial charge on any atom is 0.359 e. The molecule has 0 saturated carbocycles.